The number of fused-ring (bicyclic) bond motifs is 1. The average molecular weight is 282 g/mol. The molecule has 0 spiro atoms. The SMILES string of the molecule is c1cn2nc(-c3cnn(CCN4CCCC4)c3)ccc2n1. The van der Waals surface area contributed by atoms with E-state index < -0.39 is 0 Å². The van der Waals surface area contributed by atoms with E-state index in [0.29, 0.717) is 0 Å². The highest BCUT2D eigenvalue weighted by molar-refractivity contribution is 5.58. The summed E-state index contributed by atoms with van der Waals surface area (Å²) in [5.74, 6) is 0. The summed E-state index contributed by atoms with van der Waals surface area (Å²) >= 11 is 0. The quantitative estimate of drug-likeness (QED) is 0.730. The molecule has 3 aromatic heterocycles. The number of likely N-dealkylation sites (tertiary alicyclic amines) is 1. The second-order valence-corrected chi connectivity index (χ2v) is 5.49. The fourth-order valence-electron chi connectivity index (χ4n) is 2.84. The lowest BCUT2D eigenvalue weighted by molar-refractivity contribution is 0.316. The van der Waals surface area contributed by atoms with Crippen LogP contribution in [0.5, 0.6) is 0 Å². The highest BCUT2D eigenvalue weighted by Crippen LogP contribution is 2.16. The highest BCUT2D eigenvalue weighted by Gasteiger charge is 2.11. The number of nitrogens with zero attached hydrogens (tertiary/aromatic N) is 6. The summed E-state index contributed by atoms with van der Waals surface area (Å²) in [5, 5.41) is 8.99. The van der Waals surface area contributed by atoms with E-state index in [1.807, 2.05) is 29.2 Å². The Morgan fingerprint density at radius 3 is 2.90 bits per heavy atom. The summed E-state index contributed by atoms with van der Waals surface area (Å²) in [5.41, 5.74) is 2.83. The molecule has 6 nitrogen and oxygen atoms in total. The summed E-state index contributed by atoms with van der Waals surface area (Å²) in [6, 6.07) is 3.97. The molecule has 1 saturated heterocycles. The molecule has 0 atom stereocenters. The summed E-state index contributed by atoms with van der Waals surface area (Å²) in [4.78, 5) is 6.70. The molecule has 0 aromatic carbocycles. The third-order valence-electron chi connectivity index (χ3n) is 4.03. The predicted molar refractivity (Wildman–Crippen MR) is 79.9 cm³/mol. The number of aromatic nitrogens is 5. The number of hydrogen-bond donors (Lipinski definition) is 0. The molecule has 108 valence electrons. The smallest absolute Gasteiger partial charge is 0.153 e. The molecule has 1 aliphatic heterocycles. The first kappa shape index (κ1) is 12.5. The molecule has 0 unspecified atom stereocenters. The zero-order valence-corrected chi connectivity index (χ0v) is 11.9. The molecule has 0 bridgehead atoms. The van der Waals surface area contributed by atoms with Crippen LogP contribution in [0.15, 0.2) is 36.9 Å². The Labute approximate surface area is 123 Å². The Bertz CT molecular complexity index is 737. The summed E-state index contributed by atoms with van der Waals surface area (Å²) in [6.45, 7) is 4.47. The number of imidazole rings is 1. The summed E-state index contributed by atoms with van der Waals surface area (Å²) in [7, 11) is 0. The third-order valence-corrected chi connectivity index (χ3v) is 4.03. The van der Waals surface area contributed by atoms with Gasteiger partial charge in [-0.05, 0) is 38.1 Å². The van der Waals surface area contributed by atoms with Crippen molar-refractivity contribution in [3.05, 3.63) is 36.9 Å². The molecule has 4 heterocycles. The van der Waals surface area contributed by atoms with Crippen molar-refractivity contribution >= 4 is 5.65 Å². The summed E-state index contributed by atoms with van der Waals surface area (Å²) in [6.07, 6.45) is 10.2. The van der Waals surface area contributed by atoms with Gasteiger partial charge in [-0.3, -0.25) is 4.68 Å². The van der Waals surface area contributed by atoms with Crippen LogP contribution in [0.3, 0.4) is 0 Å². The van der Waals surface area contributed by atoms with E-state index in [9.17, 15) is 0 Å². The van der Waals surface area contributed by atoms with Crippen molar-refractivity contribution < 1.29 is 0 Å². The van der Waals surface area contributed by atoms with Gasteiger partial charge in [0.2, 0.25) is 0 Å². The van der Waals surface area contributed by atoms with Gasteiger partial charge < -0.3 is 4.90 Å². The lowest BCUT2D eigenvalue weighted by Crippen LogP contribution is -2.24. The maximum absolute atomic E-state index is 4.55. The molecule has 1 fully saturated rings. The van der Waals surface area contributed by atoms with Gasteiger partial charge in [0.25, 0.3) is 0 Å². The van der Waals surface area contributed by atoms with Gasteiger partial charge >= 0.3 is 0 Å². The molecule has 4 rings (SSSR count). The molecule has 0 radical (unpaired) electrons. The first-order valence-corrected chi connectivity index (χ1v) is 7.44. The van der Waals surface area contributed by atoms with E-state index >= 15 is 0 Å². The second kappa shape index (κ2) is 5.29. The predicted octanol–water partition coefficient (Wildman–Crippen LogP) is 1.69. The van der Waals surface area contributed by atoms with Crippen LogP contribution in [-0.2, 0) is 6.54 Å². The highest BCUT2D eigenvalue weighted by atomic mass is 15.3. The van der Waals surface area contributed by atoms with Crippen molar-refractivity contribution in [2.45, 2.75) is 19.4 Å². The van der Waals surface area contributed by atoms with Crippen molar-refractivity contribution in [2.75, 3.05) is 19.6 Å². The maximum Gasteiger partial charge on any atom is 0.153 e. The molecule has 21 heavy (non-hydrogen) atoms. The normalized spacial score (nSPS) is 16.0. The van der Waals surface area contributed by atoms with Gasteiger partial charge in [0, 0.05) is 30.7 Å². The monoisotopic (exact) mass is 282 g/mol. The van der Waals surface area contributed by atoms with Gasteiger partial charge in [-0.2, -0.15) is 10.2 Å². The first-order valence-electron chi connectivity index (χ1n) is 7.44. The molecule has 3 aromatic rings. The minimum Gasteiger partial charge on any atom is -0.301 e. The van der Waals surface area contributed by atoms with Gasteiger partial charge in [-0.15, -0.1) is 0 Å². The van der Waals surface area contributed by atoms with Gasteiger partial charge in [0.1, 0.15) is 0 Å². The Hall–Kier alpha value is -2.21. The van der Waals surface area contributed by atoms with E-state index in [1.165, 1.54) is 25.9 Å². The van der Waals surface area contributed by atoms with Crippen LogP contribution in [0.2, 0.25) is 0 Å². The van der Waals surface area contributed by atoms with E-state index in [-0.39, 0.29) is 0 Å². The van der Waals surface area contributed by atoms with Crippen LogP contribution < -0.4 is 0 Å². The minimum atomic E-state index is 0.861. The lowest BCUT2D eigenvalue weighted by Gasteiger charge is -2.13. The van der Waals surface area contributed by atoms with E-state index in [2.05, 4.69) is 26.3 Å². The Kier molecular flexibility index (Phi) is 3.16. The molecule has 0 aliphatic carbocycles. The molecule has 6 heteroatoms. The van der Waals surface area contributed by atoms with Crippen LogP contribution >= 0.6 is 0 Å². The fourth-order valence-corrected chi connectivity index (χ4v) is 2.84. The maximum atomic E-state index is 4.55. The Balaban J connectivity index is 1.50. The van der Waals surface area contributed by atoms with E-state index in [1.54, 1.807) is 10.7 Å². The van der Waals surface area contributed by atoms with Gasteiger partial charge in [-0.1, -0.05) is 0 Å². The van der Waals surface area contributed by atoms with Crippen LogP contribution in [0, 0.1) is 0 Å². The van der Waals surface area contributed by atoms with Crippen molar-refractivity contribution in [1.29, 1.82) is 0 Å². The fraction of sp³-hybridized carbons (Fsp3) is 0.400. The minimum absolute atomic E-state index is 0.861. The molecule has 1 aliphatic rings. The Morgan fingerprint density at radius 1 is 1.10 bits per heavy atom. The van der Waals surface area contributed by atoms with Crippen molar-refractivity contribution in [3.63, 3.8) is 0 Å². The van der Waals surface area contributed by atoms with Crippen molar-refractivity contribution in [1.82, 2.24) is 29.3 Å². The molecular formula is C15H18N6. The van der Waals surface area contributed by atoms with Crippen molar-refractivity contribution in [3.8, 4) is 11.3 Å². The third kappa shape index (κ3) is 2.54. The molecular weight excluding hydrogens is 264 g/mol. The van der Waals surface area contributed by atoms with Crippen LogP contribution in [0.4, 0.5) is 0 Å². The Morgan fingerprint density at radius 2 is 2.00 bits per heavy atom. The van der Waals surface area contributed by atoms with Crippen LogP contribution in [0.25, 0.3) is 16.9 Å². The average Bonchev–Trinajstić information content (AvgIpc) is 3.25. The summed E-state index contributed by atoms with van der Waals surface area (Å²) < 4.78 is 3.80. The zero-order chi connectivity index (χ0) is 14.1. The van der Waals surface area contributed by atoms with Crippen LogP contribution in [-0.4, -0.2) is 48.9 Å². The van der Waals surface area contributed by atoms with E-state index in [4.69, 9.17) is 0 Å². The zero-order valence-electron chi connectivity index (χ0n) is 11.9. The standard InChI is InChI=1S/C15H18N6/c1-2-7-19(6-1)9-10-20-12-13(11-17-20)14-3-4-15-16-5-8-21(15)18-14/h3-5,8,11-12H,1-2,6-7,9-10H2. The van der Waals surface area contributed by atoms with Gasteiger partial charge in [0.05, 0.1) is 18.4 Å². The number of rotatable bonds is 4. The van der Waals surface area contributed by atoms with Gasteiger partial charge in [0.15, 0.2) is 5.65 Å². The lowest BCUT2D eigenvalue weighted by atomic mass is 10.2. The molecule has 0 saturated carbocycles. The second-order valence-electron chi connectivity index (χ2n) is 5.49. The van der Waals surface area contributed by atoms with E-state index in [0.717, 1.165) is 30.0 Å². The molecule has 0 amide bonds. The largest absolute Gasteiger partial charge is 0.301 e. The topological polar surface area (TPSA) is 51.3 Å². The van der Waals surface area contributed by atoms with Gasteiger partial charge in [-0.25, -0.2) is 9.50 Å². The van der Waals surface area contributed by atoms with Crippen LogP contribution in [0.1, 0.15) is 12.8 Å². The van der Waals surface area contributed by atoms with Crippen molar-refractivity contribution in [2.24, 2.45) is 0 Å². The number of hydrogen-bond acceptors (Lipinski definition) is 4. The molecule has 0 N–H and O–H groups in total. The first-order chi connectivity index (χ1) is 10.4.